The number of carbonyl (C=O) groups is 3. The number of nitrogens with one attached hydrogen (secondary N) is 1. The van der Waals surface area contributed by atoms with E-state index < -0.39 is 30.4 Å². The average Bonchev–Trinajstić information content (AvgIpc) is 2.26. The van der Waals surface area contributed by atoms with E-state index in [1.165, 1.54) is 11.9 Å². The molecule has 8 nitrogen and oxygen atoms in total. The first-order chi connectivity index (χ1) is 8.27. The summed E-state index contributed by atoms with van der Waals surface area (Å²) in [7, 11) is 1.42. The second-order valence-corrected chi connectivity index (χ2v) is 3.92. The van der Waals surface area contributed by atoms with E-state index in [4.69, 9.17) is 16.1 Å². The van der Waals surface area contributed by atoms with Gasteiger partial charge in [0.25, 0.3) is 0 Å². The van der Waals surface area contributed by atoms with Crippen molar-refractivity contribution in [1.29, 1.82) is 5.26 Å². The van der Waals surface area contributed by atoms with Gasteiger partial charge < -0.3 is 21.1 Å². The van der Waals surface area contributed by atoms with Gasteiger partial charge >= 0.3 is 12.0 Å². The van der Waals surface area contributed by atoms with Gasteiger partial charge in [-0.3, -0.25) is 4.79 Å². The Hall–Kier alpha value is -2.30. The van der Waals surface area contributed by atoms with Crippen LogP contribution in [0.25, 0.3) is 0 Å². The summed E-state index contributed by atoms with van der Waals surface area (Å²) in [6.07, 6.45) is -0.483. The van der Waals surface area contributed by atoms with E-state index in [-0.39, 0.29) is 12.5 Å². The van der Waals surface area contributed by atoms with Crippen molar-refractivity contribution in [1.82, 2.24) is 10.2 Å². The van der Waals surface area contributed by atoms with Gasteiger partial charge in [-0.15, -0.1) is 0 Å². The van der Waals surface area contributed by atoms with Crippen LogP contribution in [0.2, 0.25) is 0 Å². The van der Waals surface area contributed by atoms with Crippen molar-refractivity contribution in [2.75, 3.05) is 13.6 Å². The standard InChI is InChI=1S/C10H16N4O4/c1-6(4-11)5-14(2)10(18)13-7(9(16)17)3-8(12)15/h6-7H,3,5H2,1-2H3,(H2,12,15)(H,13,18)(H,16,17)/t6?,7-/m0/s1. The van der Waals surface area contributed by atoms with Crippen molar-refractivity contribution < 1.29 is 19.5 Å². The van der Waals surface area contributed by atoms with E-state index in [0.29, 0.717) is 0 Å². The summed E-state index contributed by atoms with van der Waals surface area (Å²) in [5.41, 5.74) is 4.88. The topological polar surface area (TPSA) is 137 Å². The summed E-state index contributed by atoms with van der Waals surface area (Å²) in [6, 6.07) is -0.0942. The Morgan fingerprint density at radius 1 is 1.50 bits per heavy atom. The summed E-state index contributed by atoms with van der Waals surface area (Å²) >= 11 is 0. The molecule has 0 radical (unpaired) electrons. The molecule has 0 rings (SSSR count). The molecule has 0 saturated carbocycles. The molecule has 0 aromatic heterocycles. The number of nitrogens with two attached hydrogens (primary N) is 1. The molecule has 2 atom stereocenters. The normalized spacial score (nSPS) is 12.9. The molecule has 0 saturated heterocycles. The van der Waals surface area contributed by atoms with Crippen LogP contribution in [0.15, 0.2) is 0 Å². The Morgan fingerprint density at radius 2 is 2.06 bits per heavy atom. The van der Waals surface area contributed by atoms with Gasteiger partial charge in [0.1, 0.15) is 6.04 Å². The molecule has 0 aliphatic heterocycles. The highest BCUT2D eigenvalue weighted by atomic mass is 16.4. The first-order valence-corrected chi connectivity index (χ1v) is 5.20. The zero-order valence-corrected chi connectivity index (χ0v) is 10.2. The van der Waals surface area contributed by atoms with E-state index in [0.717, 1.165) is 0 Å². The fourth-order valence-electron chi connectivity index (χ4n) is 1.20. The molecule has 0 heterocycles. The minimum absolute atomic E-state index is 0.158. The molecule has 8 heteroatoms. The van der Waals surface area contributed by atoms with Gasteiger partial charge in [-0.1, -0.05) is 0 Å². The summed E-state index contributed by atoms with van der Waals surface area (Å²) in [5.74, 6) is -2.54. The van der Waals surface area contributed by atoms with Crippen LogP contribution in [0.4, 0.5) is 4.79 Å². The monoisotopic (exact) mass is 256 g/mol. The SMILES string of the molecule is CC(C#N)CN(C)C(=O)N[C@@H](CC(N)=O)C(=O)O. The van der Waals surface area contributed by atoms with Crippen molar-refractivity contribution in [2.45, 2.75) is 19.4 Å². The number of nitriles is 1. The van der Waals surface area contributed by atoms with E-state index in [9.17, 15) is 14.4 Å². The minimum atomic E-state index is -1.37. The number of hydrogen-bond acceptors (Lipinski definition) is 4. The molecule has 0 bridgehead atoms. The maximum absolute atomic E-state index is 11.6. The van der Waals surface area contributed by atoms with Crippen molar-refractivity contribution in [3.8, 4) is 6.07 Å². The summed E-state index contributed by atoms with van der Waals surface area (Å²) in [5, 5.41) is 19.5. The molecule has 0 aliphatic rings. The van der Waals surface area contributed by atoms with Gasteiger partial charge in [-0.25, -0.2) is 9.59 Å². The number of aliphatic carboxylic acids is 1. The number of nitrogens with zero attached hydrogens (tertiary/aromatic N) is 2. The molecule has 4 N–H and O–H groups in total. The zero-order valence-electron chi connectivity index (χ0n) is 10.2. The summed E-state index contributed by atoms with van der Waals surface area (Å²) in [6.45, 7) is 1.78. The third kappa shape index (κ3) is 5.69. The first-order valence-electron chi connectivity index (χ1n) is 5.20. The summed E-state index contributed by atoms with van der Waals surface area (Å²) in [4.78, 5) is 34.2. The molecule has 3 amide bonds. The van der Waals surface area contributed by atoms with Crippen LogP contribution >= 0.6 is 0 Å². The van der Waals surface area contributed by atoms with Crippen LogP contribution in [0, 0.1) is 17.2 Å². The Bertz CT molecular complexity index is 377. The fourth-order valence-corrected chi connectivity index (χ4v) is 1.20. The second kappa shape index (κ2) is 7.11. The van der Waals surface area contributed by atoms with Crippen molar-refractivity contribution in [2.24, 2.45) is 11.7 Å². The molecule has 1 unspecified atom stereocenters. The van der Waals surface area contributed by atoms with E-state index >= 15 is 0 Å². The number of primary amides is 1. The fraction of sp³-hybridized carbons (Fsp3) is 0.600. The highest BCUT2D eigenvalue weighted by molar-refractivity contribution is 5.87. The molecule has 0 fully saturated rings. The lowest BCUT2D eigenvalue weighted by atomic mass is 10.2. The van der Waals surface area contributed by atoms with Gasteiger partial charge in [0, 0.05) is 13.6 Å². The lowest BCUT2D eigenvalue weighted by molar-refractivity contribution is -0.140. The molecule has 18 heavy (non-hydrogen) atoms. The Morgan fingerprint density at radius 3 is 2.44 bits per heavy atom. The smallest absolute Gasteiger partial charge is 0.326 e. The van der Waals surface area contributed by atoms with Gasteiger partial charge in [-0.2, -0.15) is 5.26 Å². The molecular weight excluding hydrogens is 240 g/mol. The van der Waals surface area contributed by atoms with E-state index in [1.807, 2.05) is 6.07 Å². The molecule has 100 valence electrons. The van der Waals surface area contributed by atoms with Crippen molar-refractivity contribution >= 4 is 17.9 Å². The maximum Gasteiger partial charge on any atom is 0.326 e. The molecular formula is C10H16N4O4. The largest absolute Gasteiger partial charge is 0.480 e. The van der Waals surface area contributed by atoms with Crippen LogP contribution in [-0.4, -0.2) is 47.5 Å². The van der Waals surface area contributed by atoms with Crippen LogP contribution < -0.4 is 11.1 Å². The third-order valence-electron chi connectivity index (χ3n) is 2.12. The highest BCUT2D eigenvalue weighted by Gasteiger charge is 2.24. The number of carbonyl (C=O) groups excluding carboxylic acids is 2. The van der Waals surface area contributed by atoms with Gasteiger partial charge in [0.2, 0.25) is 5.91 Å². The Kier molecular flexibility index (Phi) is 6.20. The zero-order chi connectivity index (χ0) is 14.3. The number of carboxylic acids is 1. The molecule has 0 spiro atoms. The number of urea groups is 1. The van der Waals surface area contributed by atoms with Gasteiger partial charge in [0.15, 0.2) is 0 Å². The lowest BCUT2D eigenvalue weighted by Gasteiger charge is -2.21. The average molecular weight is 256 g/mol. The highest BCUT2D eigenvalue weighted by Crippen LogP contribution is 1.98. The number of carboxylic acid groups (broad SMARTS) is 1. The predicted molar refractivity (Wildman–Crippen MR) is 61.2 cm³/mol. The minimum Gasteiger partial charge on any atom is -0.480 e. The van der Waals surface area contributed by atoms with Crippen LogP contribution in [0.3, 0.4) is 0 Å². The van der Waals surface area contributed by atoms with Crippen molar-refractivity contribution in [3.63, 3.8) is 0 Å². The lowest BCUT2D eigenvalue weighted by Crippen LogP contribution is -2.48. The van der Waals surface area contributed by atoms with E-state index in [1.54, 1.807) is 6.92 Å². The van der Waals surface area contributed by atoms with Gasteiger partial charge in [0.05, 0.1) is 18.4 Å². The van der Waals surface area contributed by atoms with Gasteiger partial charge in [-0.05, 0) is 6.92 Å². The second-order valence-electron chi connectivity index (χ2n) is 3.92. The number of rotatable bonds is 6. The Balaban J connectivity index is 4.46. The van der Waals surface area contributed by atoms with Crippen molar-refractivity contribution in [3.05, 3.63) is 0 Å². The van der Waals surface area contributed by atoms with Crippen LogP contribution in [0.5, 0.6) is 0 Å². The number of amides is 3. The molecule has 0 aliphatic carbocycles. The van der Waals surface area contributed by atoms with Crippen LogP contribution in [-0.2, 0) is 9.59 Å². The van der Waals surface area contributed by atoms with Crippen LogP contribution in [0.1, 0.15) is 13.3 Å². The predicted octanol–water partition coefficient (Wildman–Crippen LogP) is -0.884. The van der Waals surface area contributed by atoms with E-state index in [2.05, 4.69) is 5.32 Å². The Labute approximate surface area is 104 Å². The molecule has 0 aromatic carbocycles. The maximum atomic E-state index is 11.6. The quantitative estimate of drug-likeness (QED) is 0.566. The third-order valence-corrected chi connectivity index (χ3v) is 2.12. The molecule has 0 aromatic rings. The first kappa shape index (κ1) is 15.7. The summed E-state index contributed by atoms with van der Waals surface area (Å²) < 4.78 is 0. The number of hydrogen-bond donors (Lipinski definition) is 3.